The molecule has 6 N–H and O–H groups in total. The predicted octanol–water partition coefficient (Wildman–Crippen LogP) is 5.06. The van der Waals surface area contributed by atoms with Crippen molar-refractivity contribution in [2.45, 2.75) is 31.4 Å². The summed E-state index contributed by atoms with van der Waals surface area (Å²) in [5.74, 6) is -3.33. The lowest BCUT2D eigenvalue weighted by molar-refractivity contribution is -0.162. The summed E-state index contributed by atoms with van der Waals surface area (Å²) in [5, 5.41) is 6.20. The molecule has 0 aliphatic carbocycles. The Kier molecular flexibility index (Phi) is 9.76. The van der Waals surface area contributed by atoms with Gasteiger partial charge in [-0.2, -0.15) is 26.3 Å². The van der Waals surface area contributed by atoms with Gasteiger partial charge in [-0.05, 0) is 17.7 Å². The van der Waals surface area contributed by atoms with Gasteiger partial charge in [0, 0.05) is 12.6 Å². The number of halogens is 10. The highest BCUT2D eigenvalue weighted by molar-refractivity contribution is 6.39. The largest absolute Gasteiger partial charge is 0.487 e. The number of carbonyl (C=O) groups is 2. The zero-order valence-electron chi connectivity index (χ0n) is 20.1. The molecule has 224 valence electrons. The number of hydrogen-bond acceptors (Lipinski definition) is 6. The number of imidazole rings is 1. The van der Waals surface area contributed by atoms with Crippen LogP contribution < -0.4 is 26.4 Å². The molecule has 1 aromatic heterocycles. The molecular formula is C22H18Cl2F8N6O3. The number of aromatic nitrogens is 2. The number of nitrogens with one attached hydrogen (secondary N) is 4. The summed E-state index contributed by atoms with van der Waals surface area (Å²) in [4.78, 5) is 30.9. The van der Waals surface area contributed by atoms with Crippen molar-refractivity contribution in [2.24, 2.45) is 5.73 Å². The van der Waals surface area contributed by atoms with Gasteiger partial charge in [-0.1, -0.05) is 29.3 Å². The first-order chi connectivity index (χ1) is 19.0. The number of amides is 2. The third-order valence-corrected chi connectivity index (χ3v) is 5.89. The van der Waals surface area contributed by atoms with Crippen LogP contribution in [0.4, 0.5) is 46.8 Å². The fraction of sp³-hybridized carbons (Fsp3) is 0.318. The number of nitrogens with zero attached hydrogens (tertiary/aromatic N) is 1. The smallest absolute Gasteiger partial charge is 0.412 e. The molecule has 3 aromatic rings. The topological polar surface area (TPSA) is 134 Å². The Morgan fingerprint density at radius 1 is 1.07 bits per heavy atom. The van der Waals surface area contributed by atoms with Crippen LogP contribution >= 0.6 is 23.2 Å². The van der Waals surface area contributed by atoms with E-state index >= 15 is 0 Å². The molecule has 0 aliphatic heterocycles. The number of alkyl halides is 8. The maximum atomic E-state index is 12.7. The van der Waals surface area contributed by atoms with Crippen LogP contribution in [0.15, 0.2) is 24.3 Å². The van der Waals surface area contributed by atoms with E-state index in [1.165, 1.54) is 12.1 Å². The fourth-order valence-electron chi connectivity index (χ4n) is 3.23. The van der Waals surface area contributed by atoms with Gasteiger partial charge in [0.05, 0.1) is 32.3 Å². The molecule has 0 radical (unpaired) electrons. The van der Waals surface area contributed by atoms with Crippen LogP contribution in [0.25, 0.3) is 11.0 Å². The number of fused-ring (bicyclic) bond motifs is 1. The van der Waals surface area contributed by atoms with E-state index in [4.69, 9.17) is 33.7 Å². The van der Waals surface area contributed by atoms with E-state index in [1.807, 2.05) is 5.32 Å². The van der Waals surface area contributed by atoms with Crippen molar-refractivity contribution in [1.29, 1.82) is 0 Å². The normalized spacial score (nSPS) is 12.9. The number of carbonyl (C=O) groups excluding carboxylic acids is 2. The van der Waals surface area contributed by atoms with Gasteiger partial charge < -0.3 is 31.4 Å². The van der Waals surface area contributed by atoms with Gasteiger partial charge in [-0.15, -0.1) is 0 Å². The number of anilines is 2. The number of hydrogen-bond donors (Lipinski definition) is 5. The van der Waals surface area contributed by atoms with Gasteiger partial charge in [-0.3, -0.25) is 9.59 Å². The third-order valence-electron chi connectivity index (χ3n) is 5.14. The van der Waals surface area contributed by atoms with Crippen molar-refractivity contribution in [3.63, 3.8) is 0 Å². The van der Waals surface area contributed by atoms with Crippen molar-refractivity contribution in [1.82, 2.24) is 20.6 Å². The first kappa shape index (κ1) is 32.0. The molecule has 0 spiro atoms. The first-order valence-electron chi connectivity index (χ1n) is 11.1. The van der Waals surface area contributed by atoms with E-state index in [0.29, 0.717) is 0 Å². The molecule has 1 heterocycles. The minimum atomic E-state index is -4.97. The second-order valence-corrected chi connectivity index (χ2v) is 8.99. The molecule has 0 fully saturated rings. The van der Waals surface area contributed by atoms with Crippen molar-refractivity contribution < 1.29 is 49.4 Å². The summed E-state index contributed by atoms with van der Waals surface area (Å²) in [6.07, 6.45) is -12.7. The minimum absolute atomic E-state index is 0.00528. The molecule has 9 nitrogen and oxygen atoms in total. The number of ether oxygens (including phenoxy) is 1. The zero-order chi connectivity index (χ0) is 30.7. The Morgan fingerprint density at radius 2 is 1.76 bits per heavy atom. The van der Waals surface area contributed by atoms with Crippen LogP contribution in [0, 0.1) is 0 Å². The maximum Gasteiger partial charge on any atom is 0.412 e. The highest BCUT2D eigenvalue weighted by Gasteiger charge is 2.41. The highest BCUT2D eigenvalue weighted by atomic mass is 35.5. The molecule has 0 saturated heterocycles. The van der Waals surface area contributed by atoms with Gasteiger partial charge in [0.1, 0.15) is 18.9 Å². The van der Waals surface area contributed by atoms with E-state index in [-0.39, 0.29) is 38.3 Å². The number of nitrogens with two attached hydrogens (primary N) is 1. The lowest BCUT2D eigenvalue weighted by atomic mass is 10.1. The number of aromatic amines is 1. The summed E-state index contributed by atoms with van der Waals surface area (Å²) in [6, 6.07) is 1.94. The Bertz CT molecular complexity index is 1430. The van der Waals surface area contributed by atoms with Crippen LogP contribution in [0.3, 0.4) is 0 Å². The molecule has 3 rings (SSSR count). The van der Waals surface area contributed by atoms with E-state index < -0.39 is 67.6 Å². The Hall–Kier alpha value is -3.57. The summed E-state index contributed by atoms with van der Waals surface area (Å²) < 4.78 is 106. The van der Waals surface area contributed by atoms with Crippen LogP contribution in [-0.4, -0.2) is 59.8 Å². The highest BCUT2D eigenvalue weighted by Crippen LogP contribution is 2.36. The summed E-state index contributed by atoms with van der Waals surface area (Å²) in [5.41, 5.74) is 4.55. The molecule has 2 amide bonds. The zero-order valence-corrected chi connectivity index (χ0v) is 21.6. The van der Waals surface area contributed by atoms with Crippen molar-refractivity contribution >= 4 is 57.7 Å². The molecule has 41 heavy (non-hydrogen) atoms. The molecule has 1 atom stereocenters. The van der Waals surface area contributed by atoms with E-state index in [0.717, 1.165) is 12.1 Å². The quantitative estimate of drug-likeness (QED) is 0.198. The summed E-state index contributed by atoms with van der Waals surface area (Å²) in [6.45, 7) is -3.32. The average Bonchev–Trinajstić information content (AvgIpc) is 3.27. The lowest BCUT2D eigenvalue weighted by Gasteiger charge is -2.16. The van der Waals surface area contributed by atoms with Gasteiger partial charge >= 0.3 is 12.4 Å². The Balaban J connectivity index is 1.89. The standard InChI is InChI=1S/C22H18Cl2F8N6O3/c23-10-2-1-8(5-34-19(40)17(33)22(30,31)32)15(24)16(10)38-20-36-11-3-9(18(39)35-7-21(27,28)29)13(4-12(11)37-20)41-6-14(25)26/h1-4,14,17H,5-7,33H2,(H,34,40)(H,35,39)(H2,36,37,38). The Morgan fingerprint density at radius 3 is 2.37 bits per heavy atom. The average molecular weight is 637 g/mol. The number of H-pyrrole nitrogens is 1. The maximum absolute atomic E-state index is 12.7. The van der Waals surface area contributed by atoms with Crippen LogP contribution in [0.1, 0.15) is 15.9 Å². The van der Waals surface area contributed by atoms with Crippen molar-refractivity contribution in [2.75, 3.05) is 18.5 Å². The van der Waals surface area contributed by atoms with Gasteiger partial charge in [-0.25, -0.2) is 13.8 Å². The lowest BCUT2D eigenvalue weighted by Crippen LogP contribution is -2.49. The van der Waals surface area contributed by atoms with Crippen LogP contribution in [-0.2, 0) is 11.3 Å². The number of benzene rings is 2. The molecular weight excluding hydrogens is 619 g/mol. The van der Waals surface area contributed by atoms with E-state index in [1.54, 1.807) is 5.32 Å². The minimum Gasteiger partial charge on any atom is -0.487 e. The number of rotatable bonds is 10. The van der Waals surface area contributed by atoms with Gasteiger partial charge in [0.2, 0.25) is 11.9 Å². The molecule has 0 aliphatic rings. The monoisotopic (exact) mass is 636 g/mol. The van der Waals surface area contributed by atoms with Crippen molar-refractivity contribution in [3.05, 3.63) is 45.4 Å². The van der Waals surface area contributed by atoms with Gasteiger partial charge in [0.15, 0.2) is 6.04 Å². The molecule has 0 bridgehead atoms. The van der Waals surface area contributed by atoms with Crippen LogP contribution in [0.5, 0.6) is 5.75 Å². The molecule has 0 saturated carbocycles. The summed E-state index contributed by atoms with van der Waals surface area (Å²) >= 11 is 12.5. The summed E-state index contributed by atoms with van der Waals surface area (Å²) in [7, 11) is 0. The molecule has 2 aromatic carbocycles. The molecule has 1 unspecified atom stereocenters. The first-order valence-corrected chi connectivity index (χ1v) is 11.9. The second-order valence-electron chi connectivity index (χ2n) is 8.21. The third kappa shape index (κ3) is 8.46. The fourth-order valence-corrected chi connectivity index (χ4v) is 3.76. The predicted molar refractivity (Wildman–Crippen MR) is 132 cm³/mol. The van der Waals surface area contributed by atoms with E-state index in [9.17, 15) is 44.7 Å². The van der Waals surface area contributed by atoms with Crippen LogP contribution in [0.2, 0.25) is 10.0 Å². The van der Waals surface area contributed by atoms with Crippen molar-refractivity contribution in [3.8, 4) is 5.75 Å². The second kappa shape index (κ2) is 12.5. The SMILES string of the molecule is NC(C(=O)NCc1ccc(Cl)c(Nc2nc3cc(C(=O)NCC(F)(F)F)c(OCC(F)F)cc3[nH]2)c1Cl)C(F)(F)F. The van der Waals surface area contributed by atoms with E-state index in [2.05, 4.69) is 15.3 Å². The Labute approximate surface area is 234 Å². The molecule has 19 heteroatoms. The van der Waals surface area contributed by atoms with Gasteiger partial charge in [0.25, 0.3) is 12.3 Å².